The Labute approximate surface area is 129 Å². The van der Waals surface area contributed by atoms with Gasteiger partial charge >= 0.3 is 0 Å². The molecule has 0 aliphatic heterocycles. The lowest BCUT2D eigenvalue weighted by atomic mass is 10.1. The first-order valence-corrected chi connectivity index (χ1v) is 8.20. The summed E-state index contributed by atoms with van der Waals surface area (Å²) in [4.78, 5) is 0.187. The molecule has 0 unspecified atom stereocenters. The van der Waals surface area contributed by atoms with Crippen molar-refractivity contribution in [3.8, 4) is 5.75 Å². The van der Waals surface area contributed by atoms with Crippen LogP contribution < -0.4 is 9.46 Å². The topological polar surface area (TPSA) is 55.4 Å². The van der Waals surface area contributed by atoms with Crippen LogP contribution in [0.2, 0.25) is 5.02 Å². The lowest BCUT2D eigenvalue weighted by Crippen LogP contribution is -2.26. The molecule has 4 nitrogen and oxygen atoms in total. The minimum absolute atomic E-state index is 0.187. The van der Waals surface area contributed by atoms with E-state index in [-0.39, 0.29) is 10.9 Å². The highest BCUT2D eigenvalue weighted by Crippen LogP contribution is 2.20. The Kier molecular flexibility index (Phi) is 4.88. The summed E-state index contributed by atoms with van der Waals surface area (Å²) in [6.07, 6.45) is 0. The van der Waals surface area contributed by atoms with Gasteiger partial charge in [-0.2, -0.15) is 0 Å². The second kappa shape index (κ2) is 6.47. The molecule has 0 saturated heterocycles. The molecule has 0 aromatic heterocycles. The molecule has 2 aromatic carbocycles. The van der Waals surface area contributed by atoms with Gasteiger partial charge in [0.15, 0.2) is 0 Å². The third-order valence-electron chi connectivity index (χ3n) is 3.07. The van der Waals surface area contributed by atoms with Crippen molar-refractivity contribution in [3.63, 3.8) is 0 Å². The van der Waals surface area contributed by atoms with Gasteiger partial charge in [0.25, 0.3) is 0 Å². The molecule has 0 saturated carbocycles. The first kappa shape index (κ1) is 15.8. The summed E-state index contributed by atoms with van der Waals surface area (Å²) in [6, 6.07) is 12.9. The lowest BCUT2D eigenvalue weighted by Gasteiger charge is -2.15. The Morgan fingerprint density at radius 2 is 1.62 bits per heavy atom. The molecule has 0 amide bonds. The van der Waals surface area contributed by atoms with Gasteiger partial charge in [-0.1, -0.05) is 23.7 Å². The van der Waals surface area contributed by atoms with Gasteiger partial charge in [0.05, 0.1) is 12.0 Å². The van der Waals surface area contributed by atoms with Crippen LogP contribution in [0.5, 0.6) is 5.75 Å². The Morgan fingerprint density at radius 1 is 1.05 bits per heavy atom. The Morgan fingerprint density at radius 3 is 2.14 bits per heavy atom. The first-order chi connectivity index (χ1) is 9.92. The van der Waals surface area contributed by atoms with E-state index in [0.717, 1.165) is 11.3 Å². The summed E-state index contributed by atoms with van der Waals surface area (Å²) in [5.41, 5.74) is 0.855. The summed E-state index contributed by atoms with van der Waals surface area (Å²) in [5, 5.41) is 0.497. The highest BCUT2D eigenvalue weighted by molar-refractivity contribution is 7.89. The minimum Gasteiger partial charge on any atom is -0.497 e. The summed E-state index contributed by atoms with van der Waals surface area (Å²) in [6.45, 7) is 1.79. The zero-order valence-corrected chi connectivity index (χ0v) is 13.3. The highest BCUT2D eigenvalue weighted by Gasteiger charge is 2.18. The molecule has 6 heteroatoms. The first-order valence-electron chi connectivity index (χ1n) is 6.34. The Bertz CT molecular complexity index is 697. The predicted molar refractivity (Wildman–Crippen MR) is 83.2 cm³/mol. The van der Waals surface area contributed by atoms with E-state index in [1.165, 1.54) is 12.1 Å². The SMILES string of the molecule is COc1ccc([C@H](C)NS(=O)(=O)c2ccc(Cl)cc2)cc1. The number of methoxy groups -OCH3 is 1. The van der Waals surface area contributed by atoms with Crippen molar-refractivity contribution in [2.45, 2.75) is 17.9 Å². The molecule has 0 aliphatic rings. The third-order valence-corrected chi connectivity index (χ3v) is 4.88. The van der Waals surface area contributed by atoms with Crippen molar-refractivity contribution in [2.24, 2.45) is 0 Å². The monoisotopic (exact) mass is 325 g/mol. The van der Waals surface area contributed by atoms with Crippen molar-refractivity contribution >= 4 is 21.6 Å². The number of sulfonamides is 1. The molecule has 0 radical (unpaired) electrons. The number of halogens is 1. The van der Waals surface area contributed by atoms with Crippen LogP contribution in [0.3, 0.4) is 0 Å². The van der Waals surface area contributed by atoms with E-state index < -0.39 is 10.0 Å². The predicted octanol–water partition coefficient (Wildman–Crippen LogP) is 3.39. The van der Waals surface area contributed by atoms with Crippen LogP contribution in [0, 0.1) is 0 Å². The van der Waals surface area contributed by atoms with E-state index in [1.54, 1.807) is 38.3 Å². The average Bonchev–Trinajstić information content (AvgIpc) is 2.47. The average molecular weight is 326 g/mol. The second-order valence-corrected chi connectivity index (χ2v) is 6.72. The molecule has 0 aliphatic carbocycles. The van der Waals surface area contributed by atoms with Gasteiger partial charge in [-0.3, -0.25) is 0 Å². The van der Waals surface area contributed by atoms with Crippen LogP contribution in [0.15, 0.2) is 53.4 Å². The molecular weight excluding hydrogens is 310 g/mol. The van der Waals surface area contributed by atoms with Crippen LogP contribution in [-0.2, 0) is 10.0 Å². The van der Waals surface area contributed by atoms with Crippen LogP contribution in [-0.4, -0.2) is 15.5 Å². The molecule has 0 bridgehead atoms. The molecular formula is C15H16ClNO3S. The number of hydrogen-bond donors (Lipinski definition) is 1. The number of ether oxygens (including phenoxy) is 1. The second-order valence-electron chi connectivity index (χ2n) is 4.57. The smallest absolute Gasteiger partial charge is 0.241 e. The molecule has 2 aromatic rings. The van der Waals surface area contributed by atoms with Crippen molar-refractivity contribution < 1.29 is 13.2 Å². The molecule has 1 N–H and O–H groups in total. The highest BCUT2D eigenvalue weighted by atomic mass is 35.5. The molecule has 1 atom stereocenters. The van der Waals surface area contributed by atoms with Gasteiger partial charge in [0.1, 0.15) is 5.75 Å². The zero-order valence-electron chi connectivity index (χ0n) is 11.7. The minimum atomic E-state index is -3.58. The number of hydrogen-bond acceptors (Lipinski definition) is 3. The van der Waals surface area contributed by atoms with E-state index in [1.807, 2.05) is 12.1 Å². The van der Waals surface area contributed by atoms with Crippen molar-refractivity contribution in [2.75, 3.05) is 7.11 Å². The number of benzene rings is 2. The third kappa shape index (κ3) is 3.97. The van der Waals surface area contributed by atoms with Crippen molar-refractivity contribution in [3.05, 3.63) is 59.1 Å². The fraction of sp³-hybridized carbons (Fsp3) is 0.200. The molecule has 112 valence electrons. The standard InChI is InChI=1S/C15H16ClNO3S/c1-11(12-3-7-14(20-2)8-4-12)17-21(18,19)15-9-5-13(16)6-10-15/h3-11,17H,1-2H3/t11-/m0/s1. The largest absolute Gasteiger partial charge is 0.497 e. The maximum Gasteiger partial charge on any atom is 0.241 e. The van der Waals surface area contributed by atoms with Crippen LogP contribution in [0.4, 0.5) is 0 Å². The van der Waals surface area contributed by atoms with Crippen molar-refractivity contribution in [1.82, 2.24) is 4.72 Å². The normalized spacial score (nSPS) is 12.9. The molecule has 0 spiro atoms. The van der Waals surface area contributed by atoms with Gasteiger partial charge in [0, 0.05) is 11.1 Å². The number of nitrogens with one attached hydrogen (secondary N) is 1. The van der Waals surface area contributed by atoms with Crippen LogP contribution in [0.25, 0.3) is 0 Å². The molecule has 0 fully saturated rings. The Balaban J connectivity index is 2.17. The molecule has 21 heavy (non-hydrogen) atoms. The van der Waals surface area contributed by atoms with E-state index in [2.05, 4.69) is 4.72 Å². The van der Waals surface area contributed by atoms with E-state index in [4.69, 9.17) is 16.3 Å². The van der Waals surface area contributed by atoms with Crippen LogP contribution in [0.1, 0.15) is 18.5 Å². The van der Waals surface area contributed by atoms with E-state index in [9.17, 15) is 8.42 Å². The summed E-state index contributed by atoms with van der Waals surface area (Å²) in [7, 11) is -2.00. The number of rotatable bonds is 5. The van der Waals surface area contributed by atoms with Crippen LogP contribution >= 0.6 is 11.6 Å². The summed E-state index contributed by atoms with van der Waals surface area (Å²) < 4.78 is 32.3. The van der Waals surface area contributed by atoms with E-state index >= 15 is 0 Å². The van der Waals surface area contributed by atoms with Gasteiger partial charge in [-0.05, 0) is 48.9 Å². The molecule has 0 heterocycles. The maximum atomic E-state index is 12.3. The zero-order chi connectivity index (χ0) is 15.5. The lowest BCUT2D eigenvalue weighted by molar-refractivity contribution is 0.414. The van der Waals surface area contributed by atoms with Gasteiger partial charge in [0.2, 0.25) is 10.0 Å². The summed E-state index contributed by atoms with van der Waals surface area (Å²) in [5.74, 6) is 0.728. The maximum absolute atomic E-state index is 12.3. The van der Waals surface area contributed by atoms with E-state index in [0.29, 0.717) is 5.02 Å². The van der Waals surface area contributed by atoms with Gasteiger partial charge in [-0.25, -0.2) is 13.1 Å². The fourth-order valence-corrected chi connectivity index (χ4v) is 3.23. The summed E-state index contributed by atoms with van der Waals surface area (Å²) >= 11 is 5.76. The quantitative estimate of drug-likeness (QED) is 0.916. The van der Waals surface area contributed by atoms with Crippen molar-refractivity contribution in [1.29, 1.82) is 0 Å². The molecule has 2 rings (SSSR count). The van der Waals surface area contributed by atoms with Gasteiger partial charge < -0.3 is 4.74 Å². The van der Waals surface area contributed by atoms with Gasteiger partial charge in [-0.15, -0.1) is 0 Å². The Hall–Kier alpha value is -1.56. The fourth-order valence-electron chi connectivity index (χ4n) is 1.88.